The highest BCUT2D eigenvalue weighted by Crippen LogP contribution is 2.30. The number of hydrogen-bond donors (Lipinski definition) is 2. The van der Waals surface area contributed by atoms with Crippen LogP contribution in [0, 0.1) is 6.92 Å². The lowest BCUT2D eigenvalue weighted by Gasteiger charge is -2.26. The highest BCUT2D eigenvalue weighted by Gasteiger charge is 2.15. The lowest BCUT2D eigenvalue weighted by Crippen LogP contribution is -2.19. The smallest absolute Gasteiger partial charge is 0.339 e. The van der Waals surface area contributed by atoms with Gasteiger partial charge < -0.3 is 14.8 Å². The Hall–Kier alpha value is -2.38. The Balaban J connectivity index is 2.53. The van der Waals surface area contributed by atoms with Crippen molar-refractivity contribution in [2.75, 3.05) is 4.31 Å². The van der Waals surface area contributed by atoms with E-state index in [0.29, 0.717) is 5.69 Å². The minimum atomic E-state index is -2.63. The number of anilines is 2. The second-order valence-corrected chi connectivity index (χ2v) is 5.15. The van der Waals surface area contributed by atoms with E-state index in [1.807, 2.05) is 6.92 Å². The molecule has 0 aliphatic heterocycles. The maximum absolute atomic E-state index is 11.5. The van der Waals surface area contributed by atoms with E-state index in [4.69, 9.17) is 5.11 Å². The van der Waals surface area contributed by atoms with Crippen LogP contribution in [0.15, 0.2) is 42.5 Å². The molecule has 1 atom stereocenters. The van der Waals surface area contributed by atoms with Crippen LogP contribution in [0.2, 0.25) is 0 Å². The van der Waals surface area contributed by atoms with Gasteiger partial charge in [-0.05, 0) is 37.3 Å². The number of carboxylic acid groups (broad SMARTS) is 1. The molecule has 2 rings (SSSR count). The van der Waals surface area contributed by atoms with Crippen molar-refractivity contribution in [2.24, 2.45) is 0 Å². The van der Waals surface area contributed by atoms with E-state index in [1.165, 1.54) is 6.07 Å². The van der Waals surface area contributed by atoms with Gasteiger partial charge in [-0.2, -0.15) is 0 Å². The standard InChI is InChI=1S/C14H13NO5S/c1-9-2-4-10(5-3-9)15(21(19)20)11-6-7-13(16)12(8-11)14(17)18/h2-8,16H,1H3,(H,17,18)(H,19,20)/p-1. The van der Waals surface area contributed by atoms with Crippen molar-refractivity contribution in [3.63, 3.8) is 0 Å². The second kappa shape index (κ2) is 5.94. The molecule has 2 N–H and O–H groups in total. The minimum absolute atomic E-state index is 0.127. The van der Waals surface area contributed by atoms with Gasteiger partial charge in [0.1, 0.15) is 11.3 Å². The molecule has 0 spiro atoms. The van der Waals surface area contributed by atoms with Crippen LogP contribution in [0.5, 0.6) is 5.75 Å². The van der Waals surface area contributed by atoms with E-state index in [2.05, 4.69) is 0 Å². The number of aromatic hydroxyl groups is 1. The molecule has 0 aliphatic rings. The molecular weight excluding hydrogens is 294 g/mol. The van der Waals surface area contributed by atoms with E-state index >= 15 is 0 Å². The van der Waals surface area contributed by atoms with Gasteiger partial charge in [0, 0.05) is 0 Å². The van der Waals surface area contributed by atoms with E-state index in [0.717, 1.165) is 22.0 Å². The lowest BCUT2D eigenvalue weighted by molar-refractivity contribution is 0.0693. The summed E-state index contributed by atoms with van der Waals surface area (Å²) in [6.07, 6.45) is 0. The molecule has 0 radical (unpaired) electrons. The molecule has 110 valence electrons. The maximum atomic E-state index is 11.5. The molecule has 0 aromatic heterocycles. The Kier molecular flexibility index (Phi) is 4.25. The predicted octanol–water partition coefficient (Wildman–Crippen LogP) is 2.33. The third-order valence-corrected chi connectivity index (χ3v) is 3.58. The van der Waals surface area contributed by atoms with Crippen LogP contribution < -0.4 is 4.31 Å². The first-order valence-corrected chi connectivity index (χ1v) is 6.96. The Morgan fingerprint density at radius 1 is 1.14 bits per heavy atom. The molecule has 0 fully saturated rings. The van der Waals surface area contributed by atoms with Gasteiger partial charge in [-0.3, -0.25) is 8.51 Å². The molecule has 1 unspecified atom stereocenters. The van der Waals surface area contributed by atoms with Crippen molar-refractivity contribution in [1.29, 1.82) is 0 Å². The van der Waals surface area contributed by atoms with Gasteiger partial charge in [-0.25, -0.2) is 4.79 Å². The number of nitrogens with zero attached hydrogens (tertiary/aromatic N) is 1. The van der Waals surface area contributed by atoms with E-state index in [1.54, 1.807) is 24.3 Å². The predicted molar refractivity (Wildman–Crippen MR) is 77.3 cm³/mol. The summed E-state index contributed by atoms with van der Waals surface area (Å²) in [4.78, 5) is 11.0. The van der Waals surface area contributed by atoms with Crippen LogP contribution in [0.4, 0.5) is 11.4 Å². The summed E-state index contributed by atoms with van der Waals surface area (Å²) in [5.41, 5.74) is 1.10. The van der Waals surface area contributed by atoms with Crippen LogP contribution in [-0.2, 0) is 11.3 Å². The summed E-state index contributed by atoms with van der Waals surface area (Å²) in [5.74, 6) is -1.76. The summed E-state index contributed by atoms with van der Waals surface area (Å²) in [5, 5.41) is 18.5. The molecule has 0 saturated carbocycles. The van der Waals surface area contributed by atoms with Crippen LogP contribution in [0.25, 0.3) is 0 Å². The fourth-order valence-electron chi connectivity index (χ4n) is 1.82. The Labute approximate surface area is 123 Å². The monoisotopic (exact) mass is 306 g/mol. The number of benzene rings is 2. The first kappa shape index (κ1) is 15.0. The first-order chi connectivity index (χ1) is 9.90. The molecule has 7 heteroatoms. The summed E-state index contributed by atoms with van der Waals surface area (Å²) < 4.78 is 23.9. The van der Waals surface area contributed by atoms with Crippen molar-refractivity contribution in [3.8, 4) is 5.75 Å². The van der Waals surface area contributed by atoms with Crippen molar-refractivity contribution in [2.45, 2.75) is 6.92 Å². The molecule has 0 aliphatic carbocycles. The molecule has 6 nitrogen and oxygen atoms in total. The number of rotatable bonds is 4. The van der Waals surface area contributed by atoms with E-state index in [-0.39, 0.29) is 11.3 Å². The third-order valence-electron chi connectivity index (χ3n) is 2.86. The number of carbonyl (C=O) groups is 1. The van der Waals surface area contributed by atoms with Gasteiger partial charge in [0.2, 0.25) is 0 Å². The number of carboxylic acids is 1. The summed E-state index contributed by atoms with van der Waals surface area (Å²) >= 11 is -2.63. The Bertz CT molecular complexity index is 699. The summed E-state index contributed by atoms with van der Waals surface area (Å²) in [6.45, 7) is 1.87. The largest absolute Gasteiger partial charge is 0.755 e. The van der Waals surface area contributed by atoms with Crippen molar-refractivity contribution >= 4 is 28.6 Å². The zero-order valence-corrected chi connectivity index (χ0v) is 11.8. The minimum Gasteiger partial charge on any atom is -0.755 e. The topological polar surface area (TPSA) is 101 Å². The molecule has 0 saturated heterocycles. The van der Waals surface area contributed by atoms with Gasteiger partial charge in [0.05, 0.1) is 22.6 Å². The van der Waals surface area contributed by atoms with E-state index in [9.17, 15) is 18.7 Å². The van der Waals surface area contributed by atoms with Gasteiger partial charge in [0.15, 0.2) is 0 Å². The normalized spacial score (nSPS) is 11.9. The highest BCUT2D eigenvalue weighted by atomic mass is 32.2. The lowest BCUT2D eigenvalue weighted by atomic mass is 10.1. The molecule has 0 amide bonds. The molecular formula is C14H12NO5S-. The molecule has 2 aromatic rings. The van der Waals surface area contributed by atoms with Crippen LogP contribution in [0.1, 0.15) is 15.9 Å². The fraction of sp³-hybridized carbons (Fsp3) is 0.0714. The number of phenols is 1. The van der Waals surface area contributed by atoms with Gasteiger partial charge in [-0.1, -0.05) is 17.7 Å². The zero-order chi connectivity index (χ0) is 15.6. The number of aromatic carboxylic acids is 1. The Morgan fingerprint density at radius 3 is 2.24 bits per heavy atom. The first-order valence-electron chi connectivity index (χ1n) is 5.92. The summed E-state index contributed by atoms with van der Waals surface area (Å²) in [6, 6.07) is 10.3. The molecule has 21 heavy (non-hydrogen) atoms. The maximum Gasteiger partial charge on any atom is 0.339 e. The van der Waals surface area contributed by atoms with Crippen molar-refractivity contribution in [1.82, 2.24) is 0 Å². The van der Waals surface area contributed by atoms with Crippen LogP contribution in [-0.4, -0.2) is 24.9 Å². The van der Waals surface area contributed by atoms with Crippen molar-refractivity contribution in [3.05, 3.63) is 53.6 Å². The second-order valence-electron chi connectivity index (χ2n) is 4.35. The third kappa shape index (κ3) is 3.21. The van der Waals surface area contributed by atoms with Crippen molar-refractivity contribution < 1.29 is 23.8 Å². The number of hydrogen-bond acceptors (Lipinski definition) is 4. The van der Waals surface area contributed by atoms with Crippen LogP contribution >= 0.6 is 0 Å². The SMILES string of the molecule is Cc1ccc(N(c2ccc(O)c(C(=O)O)c2)S(=O)[O-])cc1. The molecule has 2 aromatic carbocycles. The quantitative estimate of drug-likeness (QED) is 0.844. The highest BCUT2D eigenvalue weighted by molar-refractivity contribution is 7.81. The Morgan fingerprint density at radius 2 is 1.71 bits per heavy atom. The van der Waals surface area contributed by atoms with E-state index < -0.39 is 23.0 Å². The number of aryl methyl sites for hydroxylation is 1. The fourth-order valence-corrected chi connectivity index (χ4v) is 2.40. The zero-order valence-electron chi connectivity index (χ0n) is 11.0. The van der Waals surface area contributed by atoms with Gasteiger partial charge in [0.25, 0.3) is 0 Å². The molecule has 0 heterocycles. The van der Waals surface area contributed by atoms with Gasteiger partial charge >= 0.3 is 5.97 Å². The van der Waals surface area contributed by atoms with Gasteiger partial charge in [-0.15, -0.1) is 0 Å². The molecule has 0 bridgehead atoms. The van der Waals surface area contributed by atoms with Crippen LogP contribution in [0.3, 0.4) is 0 Å². The average molecular weight is 306 g/mol. The summed E-state index contributed by atoms with van der Waals surface area (Å²) in [7, 11) is 0. The average Bonchev–Trinajstić information content (AvgIpc) is 2.42.